The highest BCUT2D eigenvalue weighted by Crippen LogP contribution is 2.18. The van der Waals surface area contributed by atoms with E-state index in [1.807, 2.05) is 4.90 Å². The van der Waals surface area contributed by atoms with Crippen LogP contribution in [0.2, 0.25) is 0 Å². The minimum Gasteiger partial charge on any atom is -0.407 e. The van der Waals surface area contributed by atoms with Crippen LogP contribution in [0.15, 0.2) is 4.42 Å². The zero-order chi connectivity index (χ0) is 9.97. The minimum atomic E-state index is -0.193. The number of hydrogen-bond donors (Lipinski definition) is 1. The molecule has 2 rings (SSSR count). The Balaban J connectivity index is 2.01. The van der Waals surface area contributed by atoms with Gasteiger partial charge in [-0.05, 0) is 12.8 Å². The molecule has 0 bridgehead atoms. The normalized spacial score (nSPS) is 18.9. The summed E-state index contributed by atoms with van der Waals surface area (Å²) in [5, 5.41) is 17.0. The van der Waals surface area contributed by atoms with Crippen LogP contribution in [0.4, 0.5) is 6.01 Å². The summed E-state index contributed by atoms with van der Waals surface area (Å²) in [6.45, 7) is 1.51. The maximum Gasteiger partial charge on any atom is 0.318 e. The van der Waals surface area contributed by atoms with Gasteiger partial charge < -0.3 is 14.4 Å². The van der Waals surface area contributed by atoms with Crippen LogP contribution in [0.1, 0.15) is 18.7 Å². The number of aliphatic hydroxyl groups is 1. The van der Waals surface area contributed by atoms with Crippen molar-refractivity contribution < 1.29 is 9.52 Å². The molecule has 1 N–H and O–H groups in total. The molecule has 1 aliphatic rings. The fraction of sp³-hybridized carbons (Fsp3) is 0.750. The van der Waals surface area contributed by atoms with Gasteiger partial charge in [0.1, 0.15) is 5.88 Å². The molecule has 0 spiro atoms. The number of piperidine rings is 1. The van der Waals surface area contributed by atoms with Crippen LogP contribution < -0.4 is 4.90 Å². The van der Waals surface area contributed by atoms with Crippen LogP contribution in [-0.4, -0.2) is 34.5 Å². The Morgan fingerprint density at radius 2 is 2.14 bits per heavy atom. The molecule has 0 unspecified atom stereocenters. The molecular weight excluding hydrogens is 206 g/mol. The lowest BCUT2D eigenvalue weighted by Crippen LogP contribution is -2.35. The van der Waals surface area contributed by atoms with Crippen LogP contribution in [0.25, 0.3) is 0 Å². The van der Waals surface area contributed by atoms with Crippen molar-refractivity contribution in [1.29, 1.82) is 0 Å². The molecule has 1 aromatic rings. The number of halogens is 1. The highest BCUT2D eigenvalue weighted by Gasteiger charge is 2.21. The Morgan fingerprint density at radius 1 is 1.43 bits per heavy atom. The van der Waals surface area contributed by atoms with E-state index in [0.29, 0.717) is 11.9 Å². The van der Waals surface area contributed by atoms with Crippen molar-refractivity contribution >= 4 is 17.6 Å². The van der Waals surface area contributed by atoms with Gasteiger partial charge in [0.05, 0.1) is 6.10 Å². The molecule has 14 heavy (non-hydrogen) atoms. The van der Waals surface area contributed by atoms with Crippen molar-refractivity contribution in [1.82, 2.24) is 10.2 Å². The second kappa shape index (κ2) is 4.14. The molecule has 5 nitrogen and oxygen atoms in total. The van der Waals surface area contributed by atoms with E-state index < -0.39 is 0 Å². The van der Waals surface area contributed by atoms with Crippen LogP contribution >= 0.6 is 11.6 Å². The van der Waals surface area contributed by atoms with Crippen molar-refractivity contribution in [3.63, 3.8) is 0 Å². The summed E-state index contributed by atoms with van der Waals surface area (Å²) in [4.78, 5) is 1.97. The van der Waals surface area contributed by atoms with E-state index in [2.05, 4.69) is 10.2 Å². The van der Waals surface area contributed by atoms with Gasteiger partial charge in [0, 0.05) is 13.1 Å². The fourth-order valence-electron chi connectivity index (χ4n) is 1.48. The number of aliphatic hydroxyl groups excluding tert-OH is 1. The van der Waals surface area contributed by atoms with Crippen LogP contribution in [0, 0.1) is 0 Å². The zero-order valence-electron chi connectivity index (χ0n) is 7.69. The van der Waals surface area contributed by atoms with E-state index in [9.17, 15) is 5.11 Å². The van der Waals surface area contributed by atoms with Crippen molar-refractivity contribution in [3.05, 3.63) is 5.89 Å². The summed E-state index contributed by atoms with van der Waals surface area (Å²) >= 11 is 5.55. The van der Waals surface area contributed by atoms with Gasteiger partial charge in [0.25, 0.3) is 0 Å². The molecule has 0 radical (unpaired) electrons. The molecule has 1 saturated heterocycles. The Hall–Kier alpha value is -0.810. The number of hydrogen-bond acceptors (Lipinski definition) is 5. The Bertz CT molecular complexity index is 297. The topological polar surface area (TPSA) is 62.4 Å². The molecule has 1 fully saturated rings. The lowest BCUT2D eigenvalue weighted by Gasteiger charge is -2.27. The van der Waals surface area contributed by atoms with E-state index in [4.69, 9.17) is 16.0 Å². The maximum atomic E-state index is 9.31. The van der Waals surface area contributed by atoms with Gasteiger partial charge in [-0.25, -0.2) is 0 Å². The van der Waals surface area contributed by atoms with Gasteiger partial charge in [-0.3, -0.25) is 0 Å². The number of aromatic nitrogens is 2. The lowest BCUT2D eigenvalue weighted by molar-refractivity contribution is 0.144. The van der Waals surface area contributed by atoms with Gasteiger partial charge in [0.2, 0.25) is 5.89 Å². The standard InChI is InChI=1S/C8H12ClN3O2/c9-5-7-10-11-8(14-7)12-3-1-6(13)2-4-12/h6,13H,1-5H2. The van der Waals surface area contributed by atoms with Crippen molar-refractivity contribution in [2.24, 2.45) is 0 Å². The van der Waals surface area contributed by atoms with Crippen molar-refractivity contribution in [3.8, 4) is 0 Å². The van der Waals surface area contributed by atoms with Gasteiger partial charge in [0.15, 0.2) is 0 Å². The summed E-state index contributed by atoms with van der Waals surface area (Å²) < 4.78 is 5.30. The fourth-order valence-corrected chi connectivity index (χ4v) is 1.59. The molecule has 0 aromatic carbocycles. The molecule has 1 aliphatic heterocycles. The van der Waals surface area contributed by atoms with E-state index >= 15 is 0 Å². The summed E-state index contributed by atoms with van der Waals surface area (Å²) in [5.74, 6) is 0.677. The molecular formula is C8H12ClN3O2. The largest absolute Gasteiger partial charge is 0.407 e. The van der Waals surface area contributed by atoms with Gasteiger partial charge in [-0.1, -0.05) is 5.10 Å². The molecule has 0 amide bonds. The Kier molecular flexibility index (Phi) is 2.88. The highest BCUT2D eigenvalue weighted by molar-refractivity contribution is 6.16. The van der Waals surface area contributed by atoms with Gasteiger partial charge in [-0.2, -0.15) is 0 Å². The first kappa shape index (κ1) is 9.73. The summed E-state index contributed by atoms with van der Waals surface area (Å²) in [6, 6.07) is 0.507. The second-order valence-corrected chi connectivity index (χ2v) is 3.60. The third-order valence-corrected chi connectivity index (χ3v) is 2.53. The SMILES string of the molecule is OC1CCN(c2nnc(CCl)o2)CC1. The van der Waals surface area contributed by atoms with Gasteiger partial charge in [-0.15, -0.1) is 16.7 Å². The van der Waals surface area contributed by atoms with Crippen molar-refractivity contribution in [2.75, 3.05) is 18.0 Å². The first-order chi connectivity index (χ1) is 6.79. The highest BCUT2D eigenvalue weighted by atomic mass is 35.5. The lowest BCUT2D eigenvalue weighted by atomic mass is 10.1. The Morgan fingerprint density at radius 3 is 2.71 bits per heavy atom. The van der Waals surface area contributed by atoms with E-state index in [-0.39, 0.29) is 12.0 Å². The molecule has 2 heterocycles. The predicted octanol–water partition coefficient (Wildman–Crippen LogP) is 0.769. The number of nitrogens with zero attached hydrogens (tertiary/aromatic N) is 3. The van der Waals surface area contributed by atoms with E-state index in [1.165, 1.54) is 0 Å². The number of alkyl halides is 1. The first-order valence-electron chi connectivity index (χ1n) is 4.61. The third-order valence-electron chi connectivity index (χ3n) is 2.31. The molecule has 0 aliphatic carbocycles. The minimum absolute atomic E-state index is 0.193. The monoisotopic (exact) mass is 217 g/mol. The molecule has 0 saturated carbocycles. The summed E-state index contributed by atoms with van der Waals surface area (Å²) in [6.07, 6.45) is 1.30. The summed E-state index contributed by atoms with van der Waals surface area (Å²) in [5.41, 5.74) is 0. The van der Waals surface area contributed by atoms with Gasteiger partial charge >= 0.3 is 6.01 Å². The van der Waals surface area contributed by atoms with E-state index in [1.54, 1.807) is 0 Å². The smallest absolute Gasteiger partial charge is 0.318 e. The van der Waals surface area contributed by atoms with Crippen LogP contribution in [0.3, 0.4) is 0 Å². The average molecular weight is 218 g/mol. The second-order valence-electron chi connectivity index (χ2n) is 3.33. The quantitative estimate of drug-likeness (QED) is 0.742. The molecule has 1 aromatic heterocycles. The van der Waals surface area contributed by atoms with Crippen LogP contribution in [-0.2, 0) is 5.88 Å². The molecule has 6 heteroatoms. The predicted molar refractivity (Wildman–Crippen MR) is 51.3 cm³/mol. The summed E-state index contributed by atoms with van der Waals surface area (Å²) in [7, 11) is 0. The Labute approximate surface area is 86.7 Å². The molecule has 0 atom stereocenters. The van der Waals surface area contributed by atoms with Crippen molar-refractivity contribution in [2.45, 2.75) is 24.8 Å². The molecule has 78 valence electrons. The maximum absolute atomic E-state index is 9.31. The third kappa shape index (κ3) is 1.99. The van der Waals surface area contributed by atoms with Crippen LogP contribution in [0.5, 0.6) is 0 Å². The number of rotatable bonds is 2. The van der Waals surface area contributed by atoms with E-state index in [0.717, 1.165) is 25.9 Å². The first-order valence-corrected chi connectivity index (χ1v) is 5.14. The average Bonchev–Trinajstić information content (AvgIpc) is 2.67. The number of anilines is 1. The zero-order valence-corrected chi connectivity index (χ0v) is 8.44.